The molecule has 0 amide bonds. The second kappa shape index (κ2) is 15.4. The van der Waals surface area contributed by atoms with E-state index in [1.54, 1.807) is 30.1 Å². The van der Waals surface area contributed by atoms with Gasteiger partial charge in [-0.05, 0) is 94.2 Å². The summed E-state index contributed by atoms with van der Waals surface area (Å²) < 4.78 is 13.6. The third kappa shape index (κ3) is 8.75. The van der Waals surface area contributed by atoms with E-state index in [4.69, 9.17) is 0 Å². The van der Waals surface area contributed by atoms with Gasteiger partial charge in [-0.15, -0.1) is 11.8 Å². The molecule has 0 saturated carbocycles. The lowest BCUT2D eigenvalue weighted by atomic mass is 10.0. The number of piperidine rings is 1. The smallest absolute Gasteiger partial charge is 0.123 e. The van der Waals surface area contributed by atoms with Gasteiger partial charge in [-0.1, -0.05) is 23.8 Å². The Bertz CT molecular complexity index is 1140. The van der Waals surface area contributed by atoms with Gasteiger partial charge in [-0.25, -0.2) is 4.39 Å². The molecule has 0 atom stereocenters. The highest BCUT2D eigenvalue weighted by Gasteiger charge is 2.19. The first-order chi connectivity index (χ1) is 18.4. The minimum Gasteiger partial charge on any atom is -0.347 e. The van der Waals surface area contributed by atoms with Gasteiger partial charge in [0.15, 0.2) is 0 Å². The van der Waals surface area contributed by atoms with E-state index in [-0.39, 0.29) is 5.82 Å². The zero-order valence-electron chi connectivity index (χ0n) is 22.7. The van der Waals surface area contributed by atoms with Crippen LogP contribution in [0.5, 0.6) is 0 Å². The number of likely N-dealkylation sites (N-methyl/N-ethyl adjacent to an activating group) is 1. The average Bonchev–Trinajstić information content (AvgIpc) is 3.44. The van der Waals surface area contributed by atoms with Crippen molar-refractivity contribution in [3.05, 3.63) is 88.0 Å². The summed E-state index contributed by atoms with van der Waals surface area (Å²) >= 11 is 1.64. The lowest BCUT2D eigenvalue weighted by Crippen LogP contribution is -2.43. The van der Waals surface area contributed by atoms with Gasteiger partial charge in [-0.3, -0.25) is 25.2 Å². The maximum atomic E-state index is 13.6. The molecule has 1 aliphatic carbocycles. The topological polar surface area (TPSA) is 55.6 Å². The number of aliphatic imine (C=N–C) groups is 3. The summed E-state index contributed by atoms with van der Waals surface area (Å²) in [5.41, 5.74) is 4.12. The van der Waals surface area contributed by atoms with Crippen LogP contribution in [-0.2, 0) is 0 Å². The van der Waals surface area contributed by atoms with Gasteiger partial charge in [0.05, 0.1) is 23.8 Å². The van der Waals surface area contributed by atoms with Crippen LogP contribution < -0.4 is 5.32 Å². The Hall–Kier alpha value is -3.07. The third-order valence-corrected chi connectivity index (χ3v) is 7.38. The maximum Gasteiger partial charge on any atom is 0.123 e. The van der Waals surface area contributed by atoms with Crippen LogP contribution in [0.3, 0.4) is 0 Å². The molecule has 0 radical (unpaired) electrons. The van der Waals surface area contributed by atoms with E-state index in [1.165, 1.54) is 17.7 Å². The van der Waals surface area contributed by atoms with Crippen LogP contribution in [0, 0.1) is 5.82 Å². The number of nitrogens with zero attached hydrogens (tertiary/aromatic N) is 5. The number of allylic oxidation sites excluding steroid dienone is 5. The fourth-order valence-corrected chi connectivity index (χ4v) is 4.79. The quantitative estimate of drug-likeness (QED) is 0.253. The van der Waals surface area contributed by atoms with E-state index in [2.05, 4.69) is 56.9 Å². The van der Waals surface area contributed by atoms with Gasteiger partial charge in [0.1, 0.15) is 5.82 Å². The highest BCUT2D eigenvalue weighted by atomic mass is 32.2. The molecule has 2 aliphatic rings. The molecule has 38 heavy (non-hydrogen) atoms. The zero-order valence-corrected chi connectivity index (χ0v) is 23.6. The van der Waals surface area contributed by atoms with Crippen LogP contribution >= 0.6 is 11.8 Å². The molecule has 1 aliphatic heterocycles. The number of benzene rings is 1. The monoisotopic (exact) mass is 534 g/mol. The summed E-state index contributed by atoms with van der Waals surface area (Å²) in [5, 5.41) is 3.55. The van der Waals surface area contributed by atoms with Crippen molar-refractivity contribution in [2.24, 2.45) is 15.0 Å². The van der Waals surface area contributed by atoms with Gasteiger partial charge < -0.3 is 4.90 Å². The molecule has 1 aromatic rings. The summed E-state index contributed by atoms with van der Waals surface area (Å²) in [5.74, 6) is -0.309. The lowest BCUT2D eigenvalue weighted by molar-refractivity contribution is 0.212. The van der Waals surface area contributed by atoms with E-state index < -0.39 is 0 Å². The first kappa shape index (κ1) is 29.5. The van der Waals surface area contributed by atoms with Crippen LogP contribution in [0.15, 0.2) is 91.6 Å². The molecule has 6 nitrogen and oxygen atoms in total. The molecule has 0 bridgehead atoms. The van der Waals surface area contributed by atoms with Crippen molar-refractivity contribution in [3.8, 4) is 0 Å². The van der Waals surface area contributed by atoms with E-state index in [0.717, 1.165) is 49.4 Å². The molecule has 1 heterocycles. The molecule has 202 valence electrons. The minimum atomic E-state index is -0.309. The molecule has 0 spiro atoms. The van der Waals surface area contributed by atoms with Crippen molar-refractivity contribution in [3.63, 3.8) is 0 Å². The number of nitrogens with one attached hydrogen (secondary N) is 1. The summed E-state index contributed by atoms with van der Waals surface area (Å²) in [6, 6.07) is 6.66. The van der Waals surface area contributed by atoms with Crippen molar-refractivity contribution in [2.45, 2.75) is 32.2 Å². The first-order valence-corrected chi connectivity index (χ1v) is 14.1. The van der Waals surface area contributed by atoms with E-state index in [9.17, 15) is 4.39 Å². The average molecular weight is 535 g/mol. The number of halogens is 1. The molecule has 1 aromatic carbocycles. The molecular formula is C30H39FN6S. The fraction of sp³-hybridized carbons (Fsp3) is 0.367. The molecule has 8 heteroatoms. The molecule has 0 unspecified atom stereocenters. The van der Waals surface area contributed by atoms with Crippen molar-refractivity contribution in [2.75, 3.05) is 39.6 Å². The predicted octanol–water partition coefficient (Wildman–Crippen LogP) is 5.90. The Morgan fingerprint density at radius 3 is 2.55 bits per heavy atom. The van der Waals surface area contributed by atoms with Gasteiger partial charge in [0.2, 0.25) is 0 Å². The van der Waals surface area contributed by atoms with Crippen LogP contribution in [0.4, 0.5) is 4.39 Å². The summed E-state index contributed by atoms with van der Waals surface area (Å²) in [6.07, 6.45) is 17.5. The van der Waals surface area contributed by atoms with Gasteiger partial charge in [-0.2, -0.15) is 0 Å². The minimum absolute atomic E-state index is 0.309. The molecule has 1 N–H and O–H groups in total. The Morgan fingerprint density at radius 2 is 1.95 bits per heavy atom. The lowest BCUT2D eigenvalue weighted by Gasteiger charge is -2.32. The molecule has 0 aromatic heterocycles. The second-order valence-electron chi connectivity index (χ2n) is 9.33. The fourth-order valence-electron chi connectivity index (χ4n) is 4.53. The zero-order chi connectivity index (χ0) is 27.3. The van der Waals surface area contributed by atoms with Gasteiger partial charge in [0.25, 0.3) is 0 Å². The van der Waals surface area contributed by atoms with E-state index in [0.29, 0.717) is 29.8 Å². The van der Waals surface area contributed by atoms with Crippen LogP contribution in [0.2, 0.25) is 0 Å². The second-order valence-corrected chi connectivity index (χ2v) is 10.4. The number of hydrogen-bond donors (Lipinski definition) is 1. The van der Waals surface area contributed by atoms with Crippen LogP contribution in [-0.4, -0.2) is 75.1 Å². The molecule has 1 fully saturated rings. The van der Waals surface area contributed by atoms with Gasteiger partial charge >= 0.3 is 0 Å². The number of rotatable bonds is 13. The highest BCUT2D eigenvalue weighted by Crippen LogP contribution is 2.29. The first-order valence-electron chi connectivity index (χ1n) is 12.8. The SMILES string of the molecule is C=NC(=C\C=N/CNC1CCN(CC2=CC=CC2)CC1)/C(=C(/N=C)c1ccc(F)cc1)N(C)/C=C(/C)SC. The summed E-state index contributed by atoms with van der Waals surface area (Å²) in [6.45, 7) is 13.4. The Kier molecular flexibility index (Phi) is 11.9. The normalized spacial score (nSPS) is 18.1. The standard InChI is InChI=1S/C30H39FN6S/c1-23(38-5)20-36(4)30(29(33-3)25-10-12-26(31)13-11-25)28(32-2)14-17-34-22-35-27-15-18-37(19-16-27)21-24-8-6-7-9-24/h6-8,10-14,17,20,27,35H,2-3,9,15-16,18-19,21-22H2,1,4-5H3/b23-20-,28-14-,30-29-,34-17-. The van der Waals surface area contributed by atoms with Crippen LogP contribution in [0.1, 0.15) is 31.7 Å². The number of likely N-dealkylation sites (tertiary alicyclic amines) is 1. The highest BCUT2D eigenvalue weighted by molar-refractivity contribution is 8.02. The molecule has 1 saturated heterocycles. The van der Waals surface area contributed by atoms with E-state index in [1.807, 2.05) is 37.4 Å². The van der Waals surface area contributed by atoms with Crippen molar-refractivity contribution < 1.29 is 4.39 Å². The Balaban J connectivity index is 1.68. The van der Waals surface area contributed by atoms with Crippen LogP contribution in [0.25, 0.3) is 5.70 Å². The van der Waals surface area contributed by atoms with Crippen molar-refractivity contribution >= 4 is 37.1 Å². The maximum absolute atomic E-state index is 13.6. The third-order valence-electron chi connectivity index (χ3n) is 6.63. The Morgan fingerprint density at radius 1 is 1.21 bits per heavy atom. The van der Waals surface area contributed by atoms with Gasteiger partial charge in [0, 0.05) is 37.6 Å². The summed E-state index contributed by atoms with van der Waals surface area (Å²) in [4.78, 5) is 18.7. The van der Waals surface area contributed by atoms with E-state index >= 15 is 0 Å². The largest absolute Gasteiger partial charge is 0.347 e. The molecular weight excluding hydrogens is 495 g/mol. The van der Waals surface area contributed by atoms with Crippen molar-refractivity contribution in [1.82, 2.24) is 15.1 Å². The molecule has 3 rings (SSSR count). The summed E-state index contributed by atoms with van der Waals surface area (Å²) in [7, 11) is 1.92. The number of thioether (sulfide) groups is 1. The predicted molar refractivity (Wildman–Crippen MR) is 163 cm³/mol. The number of hydrogen-bond acceptors (Lipinski definition) is 7. The van der Waals surface area contributed by atoms with Crippen molar-refractivity contribution in [1.29, 1.82) is 0 Å². The Labute approximate surface area is 231 Å².